The van der Waals surface area contributed by atoms with Gasteiger partial charge in [0.1, 0.15) is 11.4 Å². The monoisotopic (exact) mass is 328 g/mol. The second kappa shape index (κ2) is 8.25. The van der Waals surface area contributed by atoms with E-state index in [0.29, 0.717) is 23.7 Å². The van der Waals surface area contributed by atoms with Gasteiger partial charge < -0.3 is 20.5 Å². The van der Waals surface area contributed by atoms with Crippen molar-refractivity contribution in [3.05, 3.63) is 28.8 Å². The summed E-state index contributed by atoms with van der Waals surface area (Å²) >= 11 is 6.07. The van der Waals surface area contributed by atoms with E-state index in [-0.39, 0.29) is 11.8 Å². The molecule has 1 aromatic carbocycles. The van der Waals surface area contributed by atoms with Gasteiger partial charge in [-0.1, -0.05) is 24.6 Å². The molecular weight excluding hydrogens is 304 g/mol. The number of alkyl carbamates (subject to hydrolysis) is 1. The predicted molar refractivity (Wildman–Crippen MR) is 88.3 cm³/mol. The van der Waals surface area contributed by atoms with E-state index < -0.39 is 11.7 Å². The molecule has 0 fully saturated rings. The lowest BCUT2D eigenvalue weighted by Crippen LogP contribution is -2.42. The molecule has 0 aliphatic carbocycles. The first kappa shape index (κ1) is 18.6. The summed E-state index contributed by atoms with van der Waals surface area (Å²) in [7, 11) is 0. The minimum Gasteiger partial charge on any atom is -0.508 e. The molecular formula is C16H25ClN2O3. The Morgan fingerprint density at radius 3 is 2.64 bits per heavy atom. The number of phenols is 1. The van der Waals surface area contributed by atoms with Crippen LogP contribution in [-0.4, -0.2) is 29.4 Å². The van der Waals surface area contributed by atoms with Crippen molar-refractivity contribution < 1.29 is 14.6 Å². The molecule has 1 atom stereocenters. The van der Waals surface area contributed by atoms with Crippen LogP contribution in [0.15, 0.2) is 18.2 Å². The summed E-state index contributed by atoms with van der Waals surface area (Å²) in [5.74, 6) is 0.162. The van der Waals surface area contributed by atoms with E-state index in [2.05, 4.69) is 10.6 Å². The maximum atomic E-state index is 11.6. The summed E-state index contributed by atoms with van der Waals surface area (Å²) < 4.78 is 5.19. The molecule has 1 amide bonds. The first-order valence-corrected chi connectivity index (χ1v) is 7.77. The fourth-order valence-electron chi connectivity index (χ4n) is 1.85. The number of phenolic OH excluding ortho intramolecular Hbond substituents is 1. The van der Waals surface area contributed by atoms with Crippen LogP contribution in [0.4, 0.5) is 4.79 Å². The van der Waals surface area contributed by atoms with Crippen molar-refractivity contribution in [1.29, 1.82) is 0 Å². The molecule has 22 heavy (non-hydrogen) atoms. The van der Waals surface area contributed by atoms with E-state index in [1.807, 2.05) is 27.7 Å². The summed E-state index contributed by atoms with van der Waals surface area (Å²) in [6, 6.07) is 5.09. The fourth-order valence-corrected chi connectivity index (χ4v) is 2.09. The normalized spacial score (nSPS) is 12.8. The Morgan fingerprint density at radius 2 is 2.09 bits per heavy atom. The van der Waals surface area contributed by atoms with Gasteiger partial charge in [0.25, 0.3) is 0 Å². The van der Waals surface area contributed by atoms with Gasteiger partial charge >= 0.3 is 6.09 Å². The highest BCUT2D eigenvalue weighted by molar-refractivity contribution is 6.31. The topological polar surface area (TPSA) is 70.6 Å². The minimum atomic E-state index is -0.511. The van der Waals surface area contributed by atoms with Gasteiger partial charge in [-0.05, 0) is 39.3 Å². The highest BCUT2D eigenvalue weighted by Crippen LogP contribution is 2.24. The number of hydrogen-bond donors (Lipinski definition) is 3. The van der Waals surface area contributed by atoms with Crippen LogP contribution in [0, 0.1) is 0 Å². The zero-order valence-corrected chi connectivity index (χ0v) is 14.3. The highest BCUT2D eigenvalue weighted by atomic mass is 35.5. The summed E-state index contributed by atoms with van der Waals surface area (Å²) in [4.78, 5) is 11.6. The third-order valence-corrected chi connectivity index (χ3v) is 3.40. The number of ether oxygens (including phenoxy) is 1. The quantitative estimate of drug-likeness (QED) is 0.748. The molecule has 0 bridgehead atoms. The van der Waals surface area contributed by atoms with E-state index in [1.165, 1.54) is 0 Å². The maximum Gasteiger partial charge on any atom is 0.407 e. The first-order chi connectivity index (χ1) is 10.2. The van der Waals surface area contributed by atoms with Gasteiger partial charge in [-0.15, -0.1) is 0 Å². The molecule has 5 nitrogen and oxygen atoms in total. The number of carbonyl (C=O) groups is 1. The Bertz CT molecular complexity index is 480. The Hall–Kier alpha value is -1.46. The van der Waals surface area contributed by atoms with Crippen LogP contribution in [0.2, 0.25) is 5.02 Å². The number of nitrogens with one attached hydrogen (secondary N) is 2. The van der Waals surface area contributed by atoms with Gasteiger partial charge in [0.2, 0.25) is 0 Å². The molecule has 0 spiro atoms. The van der Waals surface area contributed by atoms with Crippen LogP contribution in [0.3, 0.4) is 0 Å². The van der Waals surface area contributed by atoms with Crippen LogP contribution in [0.1, 0.15) is 39.7 Å². The first-order valence-electron chi connectivity index (χ1n) is 7.39. The summed E-state index contributed by atoms with van der Waals surface area (Å²) in [6.07, 6.45) is 0.384. The second-order valence-electron chi connectivity index (χ2n) is 6.11. The number of carbonyl (C=O) groups excluding carboxylic acids is 1. The van der Waals surface area contributed by atoms with Crippen LogP contribution in [0.25, 0.3) is 0 Å². The number of halogens is 1. The average molecular weight is 329 g/mol. The average Bonchev–Trinajstić information content (AvgIpc) is 2.39. The van der Waals surface area contributed by atoms with Gasteiger partial charge in [-0.3, -0.25) is 0 Å². The molecule has 0 radical (unpaired) electrons. The molecule has 1 unspecified atom stereocenters. The Kier molecular flexibility index (Phi) is 6.97. The number of hydrogen-bond acceptors (Lipinski definition) is 4. The third kappa shape index (κ3) is 6.54. The van der Waals surface area contributed by atoms with E-state index in [9.17, 15) is 9.90 Å². The van der Waals surface area contributed by atoms with E-state index in [0.717, 1.165) is 6.42 Å². The second-order valence-corrected chi connectivity index (χ2v) is 6.51. The highest BCUT2D eigenvalue weighted by Gasteiger charge is 2.17. The number of benzene rings is 1. The molecule has 124 valence electrons. The maximum absolute atomic E-state index is 11.6. The van der Waals surface area contributed by atoms with Crippen molar-refractivity contribution in [2.75, 3.05) is 6.54 Å². The van der Waals surface area contributed by atoms with Gasteiger partial charge in [-0.2, -0.15) is 0 Å². The van der Waals surface area contributed by atoms with Gasteiger partial charge in [0.15, 0.2) is 0 Å². The Balaban J connectivity index is 2.47. The molecule has 3 N–H and O–H groups in total. The van der Waals surface area contributed by atoms with Crippen molar-refractivity contribution in [2.24, 2.45) is 0 Å². The number of aromatic hydroxyl groups is 1. The van der Waals surface area contributed by atoms with Crippen molar-refractivity contribution in [3.8, 4) is 5.75 Å². The SMILES string of the molecule is CCC(CNC(=O)OC(C)(C)C)NCc1c(O)cccc1Cl. The lowest BCUT2D eigenvalue weighted by molar-refractivity contribution is 0.0522. The van der Waals surface area contributed by atoms with Gasteiger partial charge in [-0.25, -0.2) is 4.79 Å². The molecule has 0 aliphatic rings. The van der Waals surface area contributed by atoms with E-state index >= 15 is 0 Å². The molecule has 0 saturated carbocycles. The van der Waals surface area contributed by atoms with E-state index in [4.69, 9.17) is 16.3 Å². The third-order valence-electron chi connectivity index (χ3n) is 3.05. The number of amides is 1. The smallest absolute Gasteiger partial charge is 0.407 e. The van der Waals surface area contributed by atoms with Crippen molar-refractivity contribution in [1.82, 2.24) is 10.6 Å². The zero-order chi connectivity index (χ0) is 16.8. The van der Waals surface area contributed by atoms with Crippen LogP contribution in [-0.2, 0) is 11.3 Å². The zero-order valence-electron chi connectivity index (χ0n) is 13.6. The van der Waals surface area contributed by atoms with Crippen LogP contribution >= 0.6 is 11.6 Å². The predicted octanol–water partition coefficient (Wildman–Crippen LogP) is 3.44. The fraction of sp³-hybridized carbons (Fsp3) is 0.562. The summed E-state index contributed by atoms with van der Waals surface area (Å²) in [5.41, 5.74) is 0.141. The van der Waals surface area contributed by atoms with Crippen molar-refractivity contribution in [3.63, 3.8) is 0 Å². The van der Waals surface area contributed by atoms with Crippen molar-refractivity contribution in [2.45, 2.75) is 52.3 Å². The summed E-state index contributed by atoms with van der Waals surface area (Å²) in [6.45, 7) is 8.35. The largest absolute Gasteiger partial charge is 0.508 e. The molecule has 0 aromatic heterocycles. The molecule has 1 aromatic rings. The minimum absolute atomic E-state index is 0.0585. The Morgan fingerprint density at radius 1 is 1.41 bits per heavy atom. The Labute approximate surface area is 137 Å². The van der Waals surface area contributed by atoms with Gasteiger partial charge in [0.05, 0.1) is 0 Å². The van der Waals surface area contributed by atoms with Crippen LogP contribution in [0.5, 0.6) is 5.75 Å². The van der Waals surface area contributed by atoms with Gasteiger partial charge in [0, 0.05) is 29.7 Å². The molecule has 0 heterocycles. The summed E-state index contributed by atoms with van der Waals surface area (Å²) in [5, 5.41) is 16.3. The van der Waals surface area contributed by atoms with Crippen LogP contribution < -0.4 is 10.6 Å². The van der Waals surface area contributed by atoms with E-state index in [1.54, 1.807) is 18.2 Å². The molecule has 1 rings (SSSR count). The lowest BCUT2D eigenvalue weighted by Gasteiger charge is -2.22. The molecule has 0 aliphatic heterocycles. The van der Waals surface area contributed by atoms with Crippen molar-refractivity contribution >= 4 is 17.7 Å². The molecule has 6 heteroatoms. The lowest BCUT2D eigenvalue weighted by atomic mass is 10.1. The number of rotatable bonds is 6. The standard InChI is InChI=1S/C16H25ClN2O3/c1-5-11(9-19-15(21)22-16(2,3)4)18-10-12-13(17)7-6-8-14(12)20/h6-8,11,18,20H,5,9-10H2,1-4H3,(H,19,21). The molecule has 0 saturated heterocycles.